The molecule has 4 rings (SSSR count). The van der Waals surface area contributed by atoms with Gasteiger partial charge in [-0.05, 0) is 44.2 Å². The predicted octanol–water partition coefficient (Wildman–Crippen LogP) is 5.06. The largest absolute Gasteiger partial charge is 0.461 e. The summed E-state index contributed by atoms with van der Waals surface area (Å²) in [5, 5.41) is 1.97. The van der Waals surface area contributed by atoms with E-state index >= 15 is 0 Å². The average molecular weight is 352 g/mol. The Kier molecular flexibility index (Phi) is 3.89. The summed E-state index contributed by atoms with van der Waals surface area (Å²) in [4.78, 5) is 19.4. The number of ether oxygens (including phenoxy) is 2. The number of esters is 1. The zero-order valence-electron chi connectivity index (χ0n) is 13.8. The van der Waals surface area contributed by atoms with Gasteiger partial charge in [-0.2, -0.15) is 0 Å². The highest BCUT2D eigenvalue weighted by Gasteiger charge is 2.11. The number of aromatic amines is 1. The van der Waals surface area contributed by atoms with Gasteiger partial charge < -0.3 is 14.5 Å². The molecule has 0 radical (unpaired) electrons. The average Bonchev–Trinajstić information content (AvgIpc) is 3.16. The topological polar surface area (TPSA) is 64.2 Å². The third-order valence-corrected chi connectivity index (χ3v) is 4.74. The van der Waals surface area contributed by atoms with Gasteiger partial charge in [0.2, 0.25) is 0 Å². The van der Waals surface area contributed by atoms with Gasteiger partial charge in [0.1, 0.15) is 17.2 Å². The van der Waals surface area contributed by atoms with E-state index in [1.54, 1.807) is 24.3 Å². The van der Waals surface area contributed by atoms with E-state index in [9.17, 15) is 4.79 Å². The van der Waals surface area contributed by atoms with Crippen molar-refractivity contribution in [2.45, 2.75) is 13.8 Å². The maximum atomic E-state index is 11.8. The quantitative estimate of drug-likeness (QED) is 0.522. The van der Waals surface area contributed by atoms with E-state index in [0.717, 1.165) is 31.9 Å². The lowest BCUT2D eigenvalue weighted by Gasteiger charge is -2.05. The van der Waals surface area contributed by atoms with Gasteiger partial charge in [0.15, 0.2) is 0 Å². The summed E-state index contributed by atoms with van der Waals surface area (Å²) >= 11 is 1.66. The minimum absolute atomic E-state index is 0.348. The van der Waals surface area contributed by atoms with Crippen molar-refractivity contribution in [2.75, 3.05) is 6.61 Å². The molecular formula is C19H16N2O3S. The fraction of sp³-hybridized carbons (Fsp3) is 0.158. The highest BCUT2D eigenvalue weighted by atomic mass is 32.1. The number of hydrogen-bond donors (Lipinski definition) is 1. The first-order valence-corrected chi connectivity index (χ1v) is 8.79. The van der Waals surface area contributed by atoms with E-state index in [4.69, 9.17) is 9.47 Å². The van der Waals surface area contributed by atoms with Crippen molar-refractivity contribution in [3.8, 4) is 11.5 Å². The lowest BCUT2D eigenvalue weighted by atomic mass is 10.2. The molecule has 0 saturated carbocycles. The SMILES string of the molecule is CCOC(=O)c1cc2ccc(Oc3ccc4sc(C)nc4c3)cc2[nH]1. The second kappa shape index (κ2) is 6.22. The van der Waals surface area contributed by atoms with Crippen LogP contribution in [0, 0.1) is 6.92 Å². The van der Waals surface area contributed by atoms with Gasteiger partial charge in [0.05, 0.1) is 21.8 Å². The molecule has 0 saturated heterocycles. The van der Waals surface area contributed by atoms with Crippen LogP contribution in [-0.4, -0.2) is 22.5 Å². The van der Waals surface area contributed by atoms with E-state index in [-0.39, 0.29) is 5.97 Å². The fourth-order valence-corrected chi connectivity index (χ4v) is 3.52. The Bertz CT molecular complexity index is 1080. The standard InChI is InChI=1S/C19H16N2O3S/c1-3-23-19(22)17-8-12-4-5-13(9-15(12)21-17)24-14-6-7-18-16(10-14)20-11(2)25-18/h4-10,21H,3H2,1-2H3. The van der Waals surface area contributed by atoms with Crippen molar-refractivity contribution in [2.24, 2.45) is 0 Å². The third-order valence-electron chi connectivity index (χ3n) is 3.79. The molecule has 0 aliphatic heterocycles. The molecule has 4 aromatic rings. The van der Waals surface area contributed by atoms with Crippen LogP contribution >= 0.6 is 11.3 Å². The van der Waals surface area contributed by atoms with Crippen LogP contribution in [0.4, 0.5) is 0 Å². The molecule has 1 N–H and O–H groups in total. The van der Waals surface area contributed by atoms with Gasteiger partial charge in [0, 0.05) is 23.0 Å². The zero-order valence-corrected chi connectivity index (χ0v) is 14.6. The number of carbonyl (C=O) groups is 1. The van der Waals surface area contributed by atoms with Crippen LogP contribution in [0.3, 0.4) is 0 Å². The van der Waals surface area contributed by atoms with Gasteiger partial charge in [-0.25, -0.2) is 9.78 Å². The summed E-state index contributed by atoms with van der Waals surface area (Å²) in [5.41, 5.74) is 2.20. The molecule has 0 fully saturated rings. The molecule has 0 spiro atoms. The first kappa shape index (κ1) is 15.7. The monoisotopic (exact) mass is 352 g/mol. The molecule has 0 bridgehead atoms. The van der Waals surface area contributed by atoms with Gasteiger partial charge in [-0.1, -0.05) is 0 Å². The maximum absolute atomic E-state index is 11.8. The lowest BCUT2D eigenvalue weighted by Crippen LogP contribution is -2.04. The maximum Gasteiger partial charge on any atom is 0.354 e. The van der Waals surface area contributed by atoms with Crippen LogP contribution in [0.2, 0.25) is 0 Å². The second-order valence-electron chi connectivity index (χ2n) is 5.62. The summed E-state index contributed by atoms with van der Waals surface area (Å²) in [6.07, 6.45) is 0. The summed E-state index contributed by atoms with van der Waals surface area (Å²) < 4.78 is 12.1. The number of rotatable bonds is 4. The highest BCUT2D eigenvalue weighted by Crippen LogP contribution is 2.30. The van der Waals surface area contributed by atoms with Gasteiger partial charge in [-0.3, -0.25) is 0 Å². The zero-order chi connectivity index (χ0) is 17.4. The number of nitrogens with zero attached hydrogens (tertiary/aromatic N) is 1. The minimum Gasteiger partial charge on any atom is -0.461 e. The normalized spacial score (nSPS) is 11.1. The minimum atomic E-state index is -0.356. The van der Waals surface area contributed by atoms with Crippen molar-refractivity contribution in [3.63, 3.8) is 0 Å². The van der Waals surface area contributed by atoms with Crippen LogP contribution in [0.1, 0.15) is 22.4 Å². The Morgan fingerprint density at radius 3 is 2.80 bits per heavy atom. The van der Waals surface area contributed by atoms with Crippen molar-refractivity contribution in [1.29, 1.82) is 0 Å². The van der Waals surface area contributed by atoms with E-state index in [0.29, 0.717) is 18.1 Å². The number of nitrogens with one attached hydrogen (secondary N) is 1. The molecule has 2 aromatic carbocycles. The molecule has 5 nitrogen and oxygen atoms in total. The number of aryl methyl sites for hydroxylation is 1. The number of hydrogen-bond acceptors (Lipinski definition) is 5. The molecule has 0 unspecified atom stereocenters. The van der Waals surface area contributed by atoms with E-state index in [2.05, 4.69) is 9.97 Å². The summed E-state index contributed by atoms with van der Waals surface area (Å²) in [6.45, 7) is 4.12. The van der Waals surface area contributed by atoms with Crippen molar-refractivity contribution in [1.82, 2.24) is 9.97 Å². The van der Waals surface area contributed by atoms with Crippen LogP contribution in [0.15, 0.2) is 42.5 Å². The Morgan fingerprint density at radius 1 is 1.16 bits per heavy atom. The van der Waals surface area contributed by atoms with Gasteiger partial charge in [-0.15, -0.1) is 11.3 Å². The fourth-order valence-electron chi connectivity index (χ4n) is 2.71. The summed E-state index contributed by atoms with van der Waals surface area (Å²) in [6, 6.07) is 13.3. The molecule has 126 valence electrons. The first-order chi connectivity index (χ1) is 12.1. The van der Waals surface area contributed by atoms with Crippen molar-refractivity contribution >= 4 is 38.4 Å². The molecule has 0 aliphatic carbocycles. The first-order valence-electron chi connectivity index (χ1n) is 7.97. The van der Waals surface area contributed by atoms with E-state index in [1.165, 1.54) is 0 Å². The molecular weight excluding hydrogens is 336 g/mol. The highest BCUT2D eigenvalue weighted by molar-refractivity contribution is 7.18. The van der Waals surface area contributed by atoms with E-state index < -0.39 is 0 Å². The van der Waals surface area contributed by atoms with Crippen LogP contribution in [0.25, 0.3) is 21.1 Å². The number of thiazole rings is 1. The molecule has 2 aromatic heterocycles. The number of benzene rings is 2. The molecule has 2 heterocycles. The van der Waals surface area contributed by atoms with E-state index in [1.807, 2.05) is 43.3 Å². The third kappa shape index (κ3) is 3.08. The Hall–Kier alpha value is -2.86. The lowest BCUT2D eigenvalue weighted by molar-refractivity contribution is 0.0520. The summed E-state index contributed by atoms with van der Waals surface area (Å²) in [7, 11) is 0. The smallest absolute Gasteiger partial charge is 0.354 e. The van der Waals surface area contributed by atoms with Crippen molar-refractivity contribution < 1.29 is 14.3 Å². The van der Waals surface area contributed by atoms with Gasteiger partial charge in [0.25, 0.3) is 0 Å². The van der Waals surface area contributed by atoms with Crippen molar-refractivity contribution in [3.05, 3.63) is 53.2 Å². The molecule has 25 heavy (non-hydrogen) atoms. The Balaban J connectivity index is 1.62. The molecule has 6 heteroatoms. The predicted molar refractivity (Wildman–Crippen MR) is 98.7 cm³/mol. The number of carbonyl (C=O) groups excluding carboxylic acids is 1. The number of fused-ring (bicyclic) bond motifs is 2. The van der Waals surface area contributed by atoms with Crippen LogP contribution in [0.5, 0.6) is 11.5 Å². The molecule has 0 amide bonds. The second-order valence-corrected chi connectivity index (χ2v) is 6.85. The summed E-state index contributed by atoms with van der Waals surface area (Å²) in [5.74, 6) is 1.07. The van der Waals surface area contributed by atoms with Gasteiger partial charge >= 0.3 is 5.97 Å². The molecule has 0 aliphatic rings. The molecule has 0 atom stereocenters. The van der Waals surface area contributed by atoms with Crippen LogP contribution in [-0.2, 0) is 4.74 Å². The van der Waals surface area contributed by atoms with Crippen LogP contribution < -0.4 is 4.74 Å². The Labute approximate surface area is 148 Å². The Morgan fingerprint density at radius 2 is 1.96 bits per heavy atom. The number of H-pyrrole nitrogens is 1. The number of aromatic nitrogens is 2.